The van der Waals surface area contributed by atoms with Gasteiger partial charge < -0.3 is 20.4 Å². The Bertz CT molecular complexity index is 997. The van der Waals surface area contributed by atoms with Gasteiger partial charge in [-0.15, -0.1) is 0 Å². The topological polar surface area (TPSA) is 102 Å². The van der Waals surface area contributed by atoms with Crippen LogP contribution in [0.5, 0.6) is 0 Å². The molecule has 0 radical (unpaired) electrons. The lowest BCUT2D eigenvalue weighted by Crippen LogP contribution is -2.60. The minimum Gasteiger partial charge on any atom is -0.352 e. The molecular weight excluding hydrogens is 542 g/mol. The van der Waals surface area contributed by atoms with E-state index in [9.17, 15) is 19.2 Å². The standard InChI is InChI=1S/C34H61N5O4/c1-12-25(13-2)35-30(40)27-18-16-20-39(27)32(42)24(7)21-28(22(3)4)37(11)33(43)29(34(8,9)10)36-31(41)26-17-14-15-19-38(26)23(5)6/h21-23,25-29H,12-20H2,1-11H3,(H,35,40)(H,36,41)/t26?,27-,28+,29+/m0/s1. The van der Waals surface area contributed by atoms with E-state index in [0.29, 0.717) is 18.5 Å². The van der Waals surface area contributed by atoms with Crippen molar-refractivity contribution in [2.75, 3.05) is 20.1 Å². The first-order valence-corrected chi connectivity index (χ1v) is 16.7. The zero-order valence-corrected chi connectivity index (χ0v) is 29.0. The second-order valence-electron chi connectivity index (χ2n) is 14.4. The third-order valence-electron chi connectivity index (χ3n) is 9.29. The first-order chi connectivity index (χ1) is 20.0. The van der Waals surface area contributed by atoms with Gasteiger partial charge in [0.1, 0.15) is 12.1 Å². The Balaban J connectivity index is 2.26. The second-order valence-corrected chi connectivity index (χ2v) is 14.4. The number of nitrogens with one attached hydrogen (secondary N) is 2. The quantitative estimate of drug-likeness (QED) is 0.320. The third kappa shape index (κ3) is 9.53. The molecule has 0 aromatic heterocycles. The van der Waals surface area contributed by atoms with Crippen LogP contribution in [0.2, 0.25) is 0 Å². The van der Waals surface area contributed by atoms with E-state index >= 15 is 0 Å². The first kappa shape index (κ1) is 36.8. The molecule has 9 nitrogen and oxygen atoms in total. The predicted molar refractivity (Wildman–Crippen MR) is 173 cm³/mol. The molecule has 4 amide bonds. The summed E-state index contributed by atoms with van der Waals surface area (Å²) in [6.07, 6.45) is 7.87. The zero-order valence-electron chi connectivity index (χ0n) is 29.0. The zero-order chi connectivity index (χ0) is 32.6. The second kappa shape index (κ2) is 16.1. The summed E-state index contributed by atoms with van der Waals surface area (Å²) in [4.78, 5) is 60.0. The van der Waals surface area contributed by atoms with Crippen molar-refractivity contribution in [2.45, 2.75) is 150 Å². The van der Waals surface area contributed by atoms with E-state index in [1.54, 1.807) is 23.8 Å². The van der Waals surface area contributed by atoms with Crippen molar-refractivity contribution in [3.63, 3.8) is 0 Å². The van der Waals surface area contributed by atoms with Crippen LogP contribution in [0.3, 0.4) is 0 Å². The summed E-state index contributed by atoms with van der Waals surface area (Å²) < 4.78 is 0. The number of rotatable bonds is 12. The molecule has 0 saturated carbocycles. The SMILES string of the molecule is CCC(CC)NC(=O)[C@@H]1CCCN1C(=O)C(C)=C[C@H](C(C)C)N(C)C(=O)[C@@H](NC(=O)C1CCCCN1C(C)C)C(C)(C)C. The molecule has 4 atom stereocenters. The van der Waals surface area contributed by atoms with Crippen LogP contribution in [0, 0.1) is 11.3 Å². The van der Waals surface area contributed by atoms with E-state index < -0.39 is 17.5 Å². The summed E-state index contributed by atoms with van der Waals surface area (Å²) in [5.41, 5.74) is 0.00563. The highest BCUT2D eigenvalue weighted by Gasteiger charge is 2.40. The molecule has 2 fully saturated rings. The average Bonchev–Trinajstić information content (AvgIpc) is 3.45. The largest absolute Gasteiger partial charge is 0.352 e. The fourth-order valence-electron chi connectivity index (χ4n) is 6.47. The van der Waals surface area contributed by atoms with Crippen molar-refractivity contribution in [3.8, 4) is 0 Å². The summed E-state index contributed by atoms with van der Waals surface area (Å²) in [7, 11) is 1.76. The van der Waals surface area contributed by atoms with Crippen LogP contribution in [0.4, 0.5) is 0 Å². The van der Waals surface area contributed by atoms with E-state index in [1.165, 1.54) is 0 Å². The van der Waals surface area contributed by atoms with Crippen LogP contribution in [-0.2, 0) is 19.2 Å². The van der Waals surface area contributed by atoms with Crippen LogP contribution < -0.4 is 10.6 Å². The van der Waals surface area contributed by atoms with E-state index in [1.807, 2.05) is 40.7 Å². The average molecular weight is 604 g/mol. The Morgan fingerprint density at radius 3 is 2.00 bits per heavy atom. The van der Waals surface area contributed by atoms with Crippen LogP contribution in [0.25, 0.3) is 0 Å². The number of likely N-dealkylation sites (tertiary alicyclic amines) is 2. The number of hydrogen-bond donors (Lipinski definition) is 2. The smallest absolute Gasteiger partial charge is 0.249 e. The number of carbonyl (C=O) groups is 4. The Kier molecular flexibility index (Phi) is 13.7. The maximum absolute atomic E-state index is 14.1. The van der Waals surface area contributed by atoms with Gasteiger partial charge in [0.2, 0.25) is 23.6 Å². The first-order valence-electron chi connectivity index (χ1n) is 16.7. The van der Waals surface area contributed by atoms with Crippen molar-refractivity contribution in [2.24, 2.45) is 11.3 Å². The normalized spacial score (nSPS) is 21.7. The molecule has 2 saturated heterocycles. The number of nitrogens with zero attached hydrogens (tertiary/aromatic N) is 3. The van der Waals surface area contributed by atoms with Gasteiger partial charge in [-0.25, -0.2) is 0 Å². The molecule has 9 heteroatoms. The highest BCUT2D eigenvalue weighted by Crippen LogP contribution is 2.27. The molecule has 43 heavy (non-hydrogen) atoms. The van der Waals surface area contributed by atoms with Gasteiger partial charge in [-0.2, -0.15) is 0 Å². The minimum atomic E-state index is -0.719. The molecule has 1 unspecified atom stereocenters. The van der Waals surface area contributed by atoms with Crippen LogP contribution in [-0.4, -0.2) is 94.7 Å². The number of piperidine rings is 1. The molecule has 2 rings (SSSR count). The van der Waals surface area contributed by atoms with Gasteiger partial charge >= 0.3 is 0 Å². The van der Waals surface area contributed by atoms with Gasteiger partial charge in [-0.05, 0) is 77.2 Å². The number of amides is 4. The Morgan fingerprint density at radius 1 is 0.884 bits per heavy atom. The van der Waals surface area contributed by atoms with Gasteiger partial charge in [-0.1, -0.05) is 61.0 Å². The van der Waals surface area contributed by atoms with E-state index in [-0.39, 0.29) is 53.7 Å². The highest BCUT2D eigenvalue weighted by molar-refractivity contribution is 5.97. The summed E-state index contributed by atoms with van der Waals surface area (Å²) in [5, 5.41) is 6.24. The molecular formula is C34H61N5O4. The molecule has 2 aliphatic heterocycles. The highest BCUT2D eigenvalue weighted by atomic mass is 16.2. The molecule has 0 aromatic carbocycles. The van der Waals surface area contributed by atoms with Crippen molar-refractivity contribution in [3.05, 3.63) is 11.6 Å². The van der Waals surface area contributed by atoms with Gasteiger partial charge in [0, 0.05) is 31.2 Å². The molecule has 0 spiro atoms. The maximum Gasteiger partial charge on any atom is 0.249 e. The molecule has 0 aliphatic carbocycles. The molecule has 2 heterocycles. The Morgan fingerprint density at radius 2 is 1.47 bits per heavy atom. The van der Waals surface area contributed by atoms with E-state index in [2.05, 4.69) is 43.2 Å². The summed E-state index contributed by atoms with van der Waals surface area (Å²) in [6.45, 7) is 21.5. The minimum absolute atomic E-state index is 0.0235. The van der Waals surface area contributed by atoms with Gasteiger partial charge in [0.15, 0.2) is 0 Å². The fourth-order valence-corrected chi connectivity index (χ4v) is 6.47. The molecule has 2 aliphatic rings. The third-order valence-corrected chi connectivity index (χ3v) is 9.29. The van der Waals surface area contributed by atoms with Crippen molar-refractivity contribution < 1.29 is 19.2 Å². The summed E-state index contributed by atoms with van der Waals surface area (Å²) in [6, 6.07) is -1.44. The van der Waals surface area contributed by atoms with Gasteiger partial charge in [0.05, 0.1) is 12.1 Å². The lowest BCUT2D eigenvalue weighted by molar-refractivity contribution is -0.142. The van der Waals surface area contributed by atoms with Crippen molar-refractivity contribution >= 4 is 23.6 Å². The number of carbonyl (C=O) groups excluding carboxylic acids is 4. The van der Waals surface area contributed by atoms with Crippen LogP contribution in [0.1, 0.15) is 114 Å². The van der Waals surface area contributed by atoms with E-state index in [4.69, 9.17) is 0 Å². The van der Waals surface area contributed by atoms with Gasteiger partial charge in [-0.3, -0.25) is 24.1 Å². The lowest BCUT2D eigenvalue weighted by atomic mass is 9.84. The molecule has 246 valence electrons. The van der Waals surface area contributed by atoms with Crippen molar-refractivity contribution in [1.29, 1.82) is 0 Å². The number of hydrogen-bond acceptors (Lipinski definition) is 5. The summed E-state index contributed by atoms with van der Waals surface area (Å²) >= 11 is 0. The van der Waals surface area contributed by atoms with Crippen LogP contribution in [0.15, 0.2) is 11.6 Å². The molecule has 0 aromatic rings. The Labute approximate surface area is 261 Å². The van der Waals surface area contributed by atoms with Crippen LogP contribution >= 0.6 is 0 Å². The predicted octanol–water partition coefficient (Wildman–Crippen LogP) is 4.51. The molecule has 0 bridgehead atoms. The summed E-state index contributed by atoms with van der Waals surface area (Å²) in [5.74, 6) is -0.495. The lowest BCUT2D eigenvalue weighted by Gasteiger charge is -2.41. The maximum atomic E-state index is 14.1. The fraction of sp³-hybridized carbons (Fsp3) is 0.824. The van der Waals surface area contributed by atoms with Gasteiger partial charge in [0.25, 0.3) is 0 Å². The monoisotopic (exact) mass is 603 g/mol. The molecule has 2 N–H and O–H groups in total. The van der Waals surface area contributed by atoms with E-state index in [0.717, 1.165) is 45.1 Å². The van der Waals surface area contributed by atoms with Crippen molar-refractivity contribution in [1.82, 2.24) is 25.3 Å². The number of likely N-dealkylation sites (N-methyl/N-ethyl adjacent to an activating group) is 1. The Hall–Kier alpha value is -2.42.